The summed E-state index contributed by atoms with van der Waals surface area (Å²) in [4.78, 5) is 12.8. The van der Waals surface area contributed by atoms with Crippen LogP contribution in [0.5, 0.6) is 0 Å². The Balaban J connectivity index is 2.27. The Morgan fingerprint density at radius 2 is 1.69 bits per heavy atom. The van der Waals surface area contributed by atoms with Crippen LogP contribution in [0.4, 0.5) is 11.4 Å². The summed E-state index contributed by atoms with van der Waals surface area (Å²) in [7, 11) is 0. The molecule has 4 nitrogen and oxygen atoms in total. The predicted molar refractivity (Wildman–Crippen MR) is 63.8 cm³/mol. The highest BCUT2D eigenvalue weighted by atomic mass is 16.6. The first-order chi connectivity index (χ1) is 7.79. The highest BCUT2D eigenvalue weighted by Gasteiger charge is 2.19. The van der Waals surface area contributed by atoms with Crippen molar-refractivity contribution in [2.24, 2.45) is 0 Å². The molecule has 1 heterocycles. The zero-order valence-electron chi connectivity index (χ0n) is 9.26. The van der Waals surface area contributed by atoms with E-state index in [0.717, 1.165) is 31.6 Å². The topological polar surface area (TPSA) is 46.4 Å². The van der Waals surface area contributed by atoms with Gasteiger partial charge in [-0.25, -0.2) is 0 Å². The van der Waals surface area contributed by atoms with Crippen LogP contribution in [0.2, 0.25) is 0 Å². The van der Waals surface area contributed by atoms with Crippen molar-refractivity contribution in [2.75, 3.05) is 18.0 Å². The molecule has 1 saturated heterocycles. The van der Waals surface area contributed by atoms with Crippen LogP contribution in [0.25, 0.3) is 0 Å². The fraction of sp³-hybridized carbons (Fsp3) is 0.500. The summed E-state index contributed by atoms with van der Waals surface area (Å²) in [6, 6.07) is 7.02. The number of hydrogen-bond acceptors (Lipinski definition) is 3. The van der Waals surface area contributed by atoms with E-state index in [4.69, 9.17) is 0 Å². The molecule has 0 N–H and O–H groups in total. The first-order valence-electron chi connectivity index (χ1n) is 5.77. The van der Waals surface area contributed by atoms with Crippen molar-refractivity contribution in [3.05, 3.63) is 34.4 Å². The van der Waals surface area contributed by atoms with Crippen LogP contribution in [0.3, 0.4) is 0 Å². The van der Waals surface area contributed by atoms with Crippen molar-refractivity contribution in [2.45, 2.75) is 25.7 Å². The molecule has 16 heavy (non-hydrogen) atoms. The summed E-state index contributed by atoms with van der Waals surface area (Å²) in [6.07, 6.45) is 4.73. The van der Waals surface area contributed by atoms with Gasteiger partial charge < -0.3 is 4.90 Å². The van der Waals surface area contributed by atoms with Gasteiger partial charge in [-0.05, 0) is 18.9 Å². The van der Waals surface area contributed by atoms with Crippen LogP contribution in [0.1, 0.15) is 25.7 Å². The third kappa shape index (κ3) is 2.32. The Kier molecular flexibility index (Phi) is 3.39. The minimum atomic E-state index is -0.291. The summed E-state index contributed by atoms with van der Waals surface area (Å²) in [5.41, 5.74) is 0.999. The number of benzene rings is 1. The molecule has 0 radical (unpaired) electrons. The van der Waals surface area contributed by atoms with Gasteiger partial charge in [-0.2, -0.15) is 0 Å². The first-order valence-corrected chi connectivity index (χ1v) is 5.77. The van der Waals surface area contributed by atoms with Gasteiger partial charge in [0.05, 0.1) is 4.92 Å². The van der Waals surface area contributed by atoms with Gasteiger partial charge in [-0.1, -0.05) is 25.0 Å². The SMILES string of the molecule is O=[N+]([O-])c1ccccc1N1CCCCCC1. The Morgan fingerprint density at radius 3 is 2.31 bits per heavy atom. The Morgan fingerprint density at radius 1 is 1.06 bits per heavy atom. The molecular formula is C12H16N2O2. The van der Waals surface area contributed by atoms with E-state index in [0.29, 0.717) is 0 Å². The Bertz CT molecular complexity index is 371. The van der Waals surface area contributed by atoms with Crippen molar-refractivity contribution >= 4 is 11.4 Å². The fourth-order valence-corrected chi connectivity index (χ4v) is 2.20. The lowest BCUT2D eigenvalue weighted by atomic mass is 10.2. The van der Waals surface area contributed by atoms with Gasteiger partial charge >= 0.3 is 0 Å². The number of nitro benzene ring substituents is 1. The maximum atomic E-state index is 10.9. The van der Waals surface area contributed by atoms with Crippen molar-refractivity contribution in [1.29, 1.82) is 0 Å². The molecule has 1 aromatic carbocycles. The van der Waals surface area contributed by atoms with Crippen LogP contribution in [-0.4, -0.2) is 18.0 Å². The number of hydrogen-bond donors (Lipinski definition) is 0. The van der Waals surface area contributed by atoms with Gasteiger partial charge in [-0.15, -0.1) is 0 Å². The largest absolute Gasteiger partial charge is 0.366 e. The van der Waals surface area contributed by atoms with E-state index < -0.39 is 0 Å². The van der Waals surface area contributed by atoms with E-state index in [1.165, 1.54) is 12.8 Å². The molecule has 0 atom stereocenters. The maximum absolute atomic E-state index is 10.9. The zero-order chi connectivity index (χ0) is 11.4. The predicted octanol–water partition coefficient (Wildman–Crippen LogP) is 2.98. The summed E-state index contributed by atoms with van der Waals surface area (Å²) >= 11 is 0. The van der Waals surface area contributed by atoms with E-state index >= 15 is 0 Å². The minimum Gasteiger partial charge on any atom is -0.366 e. The molecule has 2 rings (SSSR count). The van der Waals surface area contributed by atoms with Crippen molar-refractivity contribution in [3.8, 4) is 0 Å². The van der Waals surface area contributed by atoms with Crippen LogP contribution >= 0.6 is 0 Å². The molecule has 0 spiro atoms. The van der Waals surface area contributed by atoms with Gasteiger partial charge in [0.2, 0.25) is 0 Å². The summed E-state index contributed by atoms with van der Waals surface area (Å²) in [5, 5.41) is 10.9. The molecule has 1 aromatic rings. The summed E-state index contributed by atoms with van der Waals surface area (Å²) in [5.74, 6) is 0. The second-order valence-corrected chi connectivity index (χ2v) is 4.15. The summed E-state index contributed by atoms with van der Waals surface area (Å²) < 4.78 is 0. The van der Waals surface area contributed by atoms with Crippen LogP contribution in [0.15, 0.2) is 24.3 Å². The second-order valence-electron chi connectivity index (χ2n) is 4.15. The number of para-hydroxylation sites is 2. The lowest BCUT2D eigenvalue weighted by molar-refractivity contribution is -0.384. The Labute approximate surface area is 95.0 Å². The molecule has 0 amide bonds. The van der Waals surface area contributed by atoms with Gasteiger partial charge in [-0.3, -0.25) is 10.1 Å². The van der Waals surface area contributed by atoms with Crippen molar-refractivity contribution in [1.82, 2.24) is 0 Å². The third-order valence-corrected chi connectivity index (χ3v) is 3.03. The van der Waals surface area contributed by atoms with E-state index in [1.54, 1.807) is 12.1 Å². The van der Waals surface area contributed by atoms with E-state index in [9.17, 15) is 10.1 Å². The molecular weight excluding hydrogens is 204 g/mol. The molecule has 0 aliphatic carbocycles. The van der Waals surface area contributed by atoms with E-state index in [1.807, 2.05) is 12.1 Å². The average Bonchev–Trinajstić information content (AvgIpc) is 2.57. The molecule has 1 aliphatic heterocycles. The van der Waals surface area contributed by atoms with Crippen LogP contribution in [0, 0.1) is 10.1 Å². The monoisotopic (exact) mass is 220 g/mol. The van der Waals surface area contributed by atoms with E-state index in [2.05, 4.69) is 4.90 Å². The molecule has 0 bridgehead atoms. The highest BCUT2D eigenvalue weighted by molar-refractivity contribution is 5.63. The molecule has 1 fully saturated rings. The first kappa shape index (κ1) is 10.9. The number of nitrogens with zero attached hydrogens (tertiary/aromatic N) is 2. The molecule has 4 heteroatoms. The normalized spacial score (nSPS) is 16.9. The number of nitro groups is 1. The average molecular weight is 220 g/mol. The minimum absolute atomic E-state index is 0.226. The second kappa shape index (κ2) is 4.96. The summed E-state index contributed by atoms with van der Waals surface area (Å²) in [6.45, 7) is 1.87. The van der Waals surface area contributed by atoms with E-state index in [-0.39, 0.29) is 10.6 Å². The smallest absolute Gasteiger partial charge is 0.292 e. The van der Waals surface area contributed by atoms with Gasteiger partial charge in [0.25, 0.3) is 5.69 Å². The Hall–Kier alpha value is -1.58. The van der Waals surface area contributed by atoms with Gasteiger partial charge in [0.1, 0.15) is 5.69 Å². The standard InChI is InChI=1S/C12H16N2O2/c15-14(16)12-8-4-3-7-11(12)13-9-5-1-2-6-10-13/h3-4,7-8H,1-2,5-6,9-10H2. The highest BCUT2D eigenvalue weighted by Crippen LogP contribution is 2.29. The van der Waals surface area contributed by atoms with Crippen LogP contribution in [-0.2, 0) is 0 Å². The number of anilines is 1. The number of rotatable bonds is 2. The molecule has 1 aliphatic rings. The van der Waals surface area contributed by atoms with Crippen molar-refractivity contribution in [3.63, 3.8) is 0 Å². The maximum Gasteiger partial charge on any atom is 0.292 e. The van der Waals surface area contributed by atoms with Gasteiger partial charge in [0, 0.05) is 19.2 Å². The van der Waals surface area contributed by atoms with Crippen molar-refractivity contribution < 1.29 is 4.92 Å². The molecule has 0 aromatic heterocycles. The lowest BCUT2D eigenvalue weighted by Gasteiger charge is -2.22. The zero-order valence-corrected chi connectivity index (χ0v) is 9.26. The molecule has 0 unspecified atom stereocenters. The van der Waals surface area contributed by atoms with Crippen LogP contribution < -0.4 is 4.90 Å². The molecule has 0 saturated carbocycles. The lowest BCUT2D eigenvalue weighted by Crippen LogP contribution is -2.24. The molecule has 86 valence electrons. The quantitative estimate of drug-likeness (QED) is 0.568. The van der Waals surface area contributed by atoms with Gasteiger partial charge in [0.15, 0.2) is 0 Å². The third-order valence-electron chi connectivity index (χ3n) is 3.03. The fourth-order valence-electron chi connectivity index (χ4n) is 2.20.